The highest BCUT2D eigenvalue weighted by molar-refractivity contribution is 5.71. The summed E-state index contributed by atoms with van der Waals surface area (Å²) >= 11 is 0. The fourth-order valence-corrected chi connectivity index (χ4v) is 2.00. The van der Waals surface area contributed by atoms with Crippen LogP contribution in [-0.2, 0) is 4.74 Å². The molecular formula is C11H15N3O3. The molecule has 1 aliphatic heterocycles. The summed E-state index contributed by atoms with van der Waals surface area (Å²) < 4.78 is 5.34. The summed E-state index contributed by atoms with van der Waals surface area (Å²) in [5.74, 6) is 0. The molecule has 1 aromatic rings. The number of rotatable bonds is 2. The molecule has 6 heteroatoms. The summed E-state index contributed by atoms with van der Waals surface area (Å²) in [5.41, 5.74) is 7.16. The third-order valence-corrected chi connectivity index (χ3v) is 2.90. The molecule has 0 amide bonds. The number of anilines is 2. The van der Waals surface area contributed by atoms with Crippen molar-refractivity contribution < 1.29 is 9.66 Å². The van der Waals surface area contributed by atoms with Crippen LogP contribution in [0.5, 0.6) is 0 Å². The number of nitrogens with zero attached hydrogens (tertiary/aromatic N) is 2. The molecule has 1 fully saturated rings. The minimum atomic E-state index is -0.442. The maximum Gasteiger partial charge on any atom is 0.271 e. The summed E-state index contributed by atoms with van der Waals surface area (Å²) in [4.78, 5) is 12.3. The van der Waals surface area contributed by atoms with E-state index in [0.29, 0.717) is 18.9 Å². The van der Waals surface area contributed by atoms with Gasteiger partial charge in [-0.25, -0.2) is 0 Å². The zero-order chi connectivity index (χ0) is 12.4. The second kappa shape index (κ2) is 4.58. The second-order valence-electron chi connectivity index (χ2n) is 4.12. The van der Waals surface area contributed by atoms with Gasteiger partial charge in [-0.1, -0.05) is 0 Å². The van der Waals surface area contributed by atoms with Gasteiger partial charge in [0, 0.05) is 24.7 Å². The molecule has 0 aromatic heterocycles. The van der Waals surface area contributed by atoms with Gasteiger partial charge in [-0.05, 0) is 13.0 Å². The van der Waals surface area contributed by atoms with E-state index in [2.05, 4.69) is 4.90 Å². The number of morpholine rings is 1. The average Bonchev–Trinajstić information content (AvgIpc) is 2.30. The molecule has 0 saturated carbocycles. The van der Waals surface area contributed by atoms with Crippen molar-refractivity contribution >= 4 is 17.1 Å². The van der Waals surface area contributed by atoms with Crippen LogP contribution >= 0.6 is 0 Å². The standard InChI is InChI=1S/C11H15N3O3/c1-8-7-17-5-4-13(8)11-3-2-9(14(15)16)6-10(11)12/h2-3,6,8H,4-5,7,12H2,1H3. The first kappa shape index (κ1) is 11.7. The van der Waals surface area contributed by atoms with Gasteiger partial charge >= 0.3 is 0 Å². The highest BCUT2D eigenvalue weighted by atomic mass is 16.6. The van der Waals surface area contributed by atoms with Crippen molar-refractivity contribution in [1.82, 2.24) is 0 Å². The fraction of sp³-hybridized carbons (Fsp3) is 0.455. The molecule has 1 aliphatic rings. The Morgan fingerprint density at radius 2 is 2.35 bits per heavy atom. The number of hydrogen-bond acceptors (Lipinski definition) is 5. The van der Waals surface area contributed by atoms with Crippen LogP contribution in [0.2, 0.25) is 0 Å². The van der Waals surface area contributed by atoms with E-state index in [9.17, 15) is 10.1 Å². The normalized spacial score (nSPS) is 20.3. The molecule has 0 radical (unpaired) electrons. The monoisotopic (exact) mass is 237 g/mol. The minimum absolute atomic E-state index is 0.0205. The lowest BCUT2D eigenvalue weighted by Gasteiger charge is -2.35. The predicted molar refractivity (Wildman–Crippen MR) is 65.1 cm³/mol. The van der Waals surface area contributed by atoms with Crippen LogP contribution < -0.4 is 10.6 Å². The van der Waals surface area contributed by atoms with E-state index < -0.39 is 4.92 Å². The first-order valence-corrected chi connectivity index (χ1v) is 5.48. The Labute approximate surface area is 99.1 Å². The molecule has 1 aromatic carbocycles. The van der Waals surface area contributed by atoms with Gasteiger partial charge in [-0.2, -0.15) is 0 Å². The Balaban J connectivity index is 2.29. The number of ether oxygens (including phenoxy) is 1. The smallest absolute Gasteiger partial charge is 0.271 e. The third kappa shape index (κ3) is 2.31. The van der Waals surface area contributed by atoms with Gasteiger partial charge in [-0.15, -0.1) is 0 Å². The molecule has 92 valence electrons. The lowest BCUT2D eigenvalue weighted by Crippen LogP contribution is -2.44. The van der Waals surface area contributed by atoms with Crippen LogP contribution in [0.3, 0.4) is 0 Å². The summed E-state index contributed by atoms with van der Waals surface area (Å²) in [6.07, 6.45) is 0. The van der Waals surface area contributed by atoms with Gasteiger partial charge in [0.1, 0.15) is 0 Å². The Bertz CT molecular complexity index is 436. The van der Waals surface area contributed by atoms with Crippen LogP contribution in [0.25, 0.3) is 0 Å². The van der Waals surface area contributed by atoms with Gasteiger partial charge in [0.15, 0.2) is 0 Å². The molecule has 1 unspecified atom stereocenters. The molecule has 17 heavy (non-hydrogen) atoms. The Hall–Kier alpha value is -1.82. The molecule has 1 heterocycles. The van der Waals surface area contributed by atoms with Crippen LogP contribution in [0.4, 0.5) is 17.1 Å². The van der Waals surface area contributed by atoms with E-state index in [0.717, 1.165) is 12.2 Å². The van der Waals surface area contributed by atoms with E-state index >= 15 is 0 Å². The van der Waals surface area contributed by atoms with E-state index in [1.54, 1.807) is 6.07 Å². The van der Waals surface area contributed by atoms with Crippen LogP contribution in [0.1, 0.15) is 6.92 Å². The van der Waals surface area contributed by atoms with Gasteiger partial charge < -0.3 is 15.4 Å². The molecule has 0 spiro atoms. The van der Waals surface area contributed by atoms with Crippen molar-refractivity contribution in [3.05, 3.63) is 28.3 Å². The van der Waals surface area contributed by atoms with E-state index in [1.165, 1.54) is 12.1 Å². The first-order valence-electron chi connectivity index (χ1n) is 5.48. The molecule has 6 nitrogen and oxygen atoms in total. The van der Waals surface area contributed by atoms with Gasteiger partial charge in [0.25, 0.3) is 5.69 Å². The SMILES string of the molecule is CC1COCCN1c1ccc([N+](=O)[O-])cc1N. The number of non-ortho nitro benzene ring substituents is 1. The van der Waals surface area contributed by atoms with Crippen molar-refractivity contribution in [2.24, 2.45) is 0 Å². The second-order valence-corrected chi connectivity index (χ2v) is 4.12. The number of benzene rings is 1. The van der Waals surface area contributed by atoms with E-state index in [4.69, 9.17) is 10.5 Å². The van der Waals surface area contributed by atoms with E-state index in [1.807, 2.05) is 6.92 Å². The lowest BCUT2D eigenvalue weighted by molar-refractivity contribution is -0.384. The number of nitrogen functional groups attached to an aromatic ring is 1. The molecule has 2 rings (SSSR count). The quantitative estimate of drug-likeness (QED) is 0.477. The minimum Gasteiger partial charge on any atom is -0.397 e. The number of nitro groups is 1. The van der Waals surface area contributed by atoms with Crippen molar-refractivity contribution in [2.45, 2.75) is 13.0 Å². The summed E-state index contributed by atoms with van der Waals surface area (Å²) in [5, 5.41) is 10.6. The van der Waals surface area contributed by atoms with Crippen molar-refractivity contribution in [2.75, 3.05) is 30.4 Å². The number of nitro benzene ring substituents is 1. The molecule has 0 aliphatic carbocycles. The highest BCUT2D eigenvalue weighted by Gasteiger charge is 2.21. The Morgan fingerprint density at radius 1 is 1.59 bits per heavy atom. The largest absolute Gasteiger partial charge is 0.397 e. The summed E-state index contributed by atoms with van der Waals surface area (Å²) in [6, 6.07) is 4.81. The maximum absolute atomic E-state index is 10.6. The van der Waals surface area contributed by atoms with Gasteiger partial charge in [-0.3, -0.25) is 10.1 Å². The molecule has 1 saturated heterocycles. The van der Waals surface area contributed by atoms with Crippen molar-refractivity contribution in [1.29, 1.82) is 0 Å². The topological polar surface area (TPSA) is 81.6 Å². The third-order valence-electron chi connectivity index (χ3n) is 2.90. The molecule has 1 atom stereocenters. The molecule has 2 N–H and O–H groups in total. The first-order chi connectivity index (χ1) is 8.09. The van der Waals surface area contributed by atoms with Gasteiger partial charge in [0.2, 0.25) is 0 Å². The Morgan fingerprint density at radius 3 is 2.94 bits per heavy atom. The van der Waals surface area contributed by atoms with Crippen molar-refractivity contribution in [3.8, 4) is 0 Å². The molecule has 0 bridgehead atoms. The zero-order valence-corrected chi connectivity index (χ0v) is 9.63. The molecular weight excluding hydrogens is 222 g/mol. The highest BCUT2D eigenvalue weighted by Crippen LogP contribution is 2.29. The fourth-order valence-electron chi connectivity index (χ4n) is 2.00. The Kier molecular flexibility index (Phi) is 3.14. The van der Waals surface area contributed by atoms with Crippen LogP contribution in [-0.4, -0.2) is 30.7 Å². The predicted octanol–water partition coefficient (Wildman–Crippen LogP) is 1.40. The maximum atomic E-state index is 10.6. The van der Waals surface area contributed by atoms with Crippen molar-refractivity contribution in [3.63, 3.8) is 0 Å². The lowest BCUT2D eigenvalue weighted by atomic mass is 10.1. The van der Waals surface area contributed by atoms with Crippen LogP contribution in [0, 0.1) is 10.1 Å². The van der Waals surface area contributed by atoms with E-state index in [-0.39, 0.29) is 11.7 Å². The van der Waals surface area contributed by atoms with Crippen LogP contribution in [0.15, 0.2) is 18.2 Å². The summed E-state index contributed by atoms with van der Waals surface area (Å²) in [7, 11) is 0. The summed E-state index contributed by atoms with van der Waals surface area (Å²) in [6.45, 7) is 4.10. The number of hydrogen-bond donors (Lipinski definition) is 1. The average molecular weight is 237 g/mol. The number of nitrogens with two attached hydrogens (primary N) is 1. The zero-order valence-electron chi connectivity index (χ0n) is 9.63. The van der Waals surface area contributed by atoms with Gasteiger partial charge in [0.05, 0.1) is 29.5 Å².